The summed E-state index contributed by atoms with van der Waals surface area (Å²) in [5.74, 6) is 1.29. The molecule has 0 bridgehead atoms. The molecule has 2 heterocycles. The fraction of sp³-hybridized carbons (Fsp3) is 0.455. The van der Waals surface area contributed by atoms with Crippen LogP contribution in [0.15, 0.2) is 42.9 Å². The topological polar surface area (TPSA) is 112 Å². The van der Waals surface area contributed by atoms with E-state index >= 15 is 0 Å². The van der Waals surface area contributed by atoms with Gasteiger partial charge >= 0.3 is 10.3 Å². The number of aromatic nitrogens is 3. The molecule has 3 aromatic rings. The Labute approximate surface area is 182 Å². The third-order valence-corrected chi connectivity index (χ3v) is 7.13. The van der Waals surface area contributed by atoms with Crippen LogP contribution in [0.4, 0.5) is 5.82 Å². The number of rotatable bonds is 7. The minimum Gasteiger partial charge on any atom is -0.363 e. The summed E-state index contributed by atoms with van der Waals surface area (Å²) in [6.45, 7) is 0.141. The lowest BCUT2D eigenvalue weighted by Crippen LogP contribution is -2.17. The Morgan fingerprint density at radius 1 is 1.16 bits per heavy atom. The maximum atomic E-state index is 11.0. The summed E-state index contributed by atoms with van der Waals surface area (Å²) in [4.78, 5) is 9.12. The van der Waals surface area contributed by atoms with E-state index in [1.165, 1.54) is 11.1 Å². The number of aryl methyl sites for hydroxylation is 1. The lowest BCUT2D eigenvalue weighted by molar-refractivity contribution is 0.281. The number of hydrogen-bond acceptors (Lipinski definition) is 6. The third kappa shape index (κ3) is 4.30. The lowest BCUT2D eigenvalue weighted by Gasteiger charge is -2.17. The van der Waals surface area contributed by atoms with Gasteiger partial charge < -0.3 is 9.88 Å². The summed E-state index contributed by atoms with van der Waals surface area (Å²) in [5.41, 5.74) is 3.70. The minimum absolute atomic E-state index is 0.141. The number of fused-ring (bicyclic) bond motifs is 2. The molecule has 9 heteroatoms. The zero-order valence-corrected chi connectivity index (χ0v) is 18.1. The van der Waals surface area contributed by atoms with Gasteiger partial charge in [0.1, 0.15) is 17.8 Å². The average Bonchev–Trinajstić information content (AvgIpc) is 3.46. The van der Waals surface area contributed by atoms with Crippen LogP contribution in [-0.4, -0.2) is 29.6 Å². The van der Waals surface area contributed by atoms with Crippen molar-refractivity contribution < 1.29 is 12.6 Å². The Hall–Kier alpha value is -2.49. The second-order valence-corrected chi connectivity index (χ2v) is 9.77. The predicted molar refractivity (Wildman–Crippen MR) is 119 cm³/mol. The Balaban J connectivity index is 1.30. The molecule has 8 nitrogen and oxygen atoms in total. The smallest absolute Gasteiger partial charge is 0.333 e. The molecule has 164 valence electrons. The number of hydrogen-bond donors (Lipinski definition) is 2. The summed E-state index contributed by atoms with van der Waals surface area (Å²) < 4.78 is 28.9. The average molecular weight is 442 g/mol. The summed E-state index contributed by atoms with van der Waals surface area (Å²) >= 11 is 0. The first-order chi connectivity index (χ1) is 15.0. The van der Waals surface area contributed by atoms with Crippen molar-refractivity contribution in [2.45, 2.75) is 50.6 Å². The zero-order chi connectivity index (χ0) is 21.4. The summed E-state index contributed by atoms with van der Waals surface area (Å²) in [7, 11) is -3.86. The molecule has 0 aliphatic heterocycles. The summed E-state index contributed by atoms with van der Waals surface area (Å²) in [6.07, 6.45) is 9.61. The lowest BCUT2D eigenvalue weighted by atomic mass is 10.0. The van der Waals surface area contributed by atoms with E-state index in [-0.39, 0.29) is 12.6 Å². The molecule has 1 fully saturated rings. The van der Waals surface area contributed by atoms with Crippen molar-refractivity contribution in [3.8, 4) is 0 Å². The van der Waals surface area contributed by atoms with E-state index in [2.05, 4.69) is 56.4 Å². The molecule has 2 aliphatic carbocycles. The molecule has 31 heavy (non-hydrogen) atoms. The molecule has 2 aromatic heterocycles. The van der Waals surface area contributed by atoms with Gasteiger partial charge in [-0.15, -0.1) is 0 Å². The molecule has 2 aliphatic rings. The van der Waals surface area contributed by atoms with Crippen molar-refractivity contribution in [3.63, 3.8) is 0 Å². The van der Waals surface area contributed by atoms with E-state index in [0.717, 1.165) is 49.0 Å². The van der Waals surface area contributed by atoms with Crippen molar-refractivity contribution in [1.82, 2.24) is 14.5 Å². The highest BCUT2D eigenvalue weighted by molar-refractivity contribution is 7.84. The highest BCUT2D eigenvalue weighted by Gasteiger charge is 2.28. The molecule has 1 saturated carbocycles. The molecule has 5 rings (SSSR count). The van der Waals surface area contributed by atoms with E-state index in [1.54, 1.807) is 6.33 Å². The number of benzene rings is 1. The predicted octanol–water partition coefficient (Wildman–Crippen LogP) is 3.48. The first kappa shape index (κ1) is 20.4. The molecule has 0 spiro atoms. The Morgan fingerprint density at radius 3 is 2.90 bits per heavy atom. The molecule has 0 saturated heterocycles. The zero-order valence-electron chi connectivity index (χ0n) is 17.3. The van der Waals surface area contributed by atoms with Crippen molar-refractivity contribution in [1.29, 1.82) is 0 Å². The largest absolute Gasteiger partial charge is 0.363 e. The normalized spacial score (nSPS) is 23.3. The van der Waals surface area contributed by atoms with Crippen LogP contribution in [0, 0.1) is 5.92 Å². The number of anilines is 1. The number of nitrogens with two attached hydrogens (primary N) is 1. The van der Waals surface area contributed by atoms with Gasteiger partial charge in [-0.3, -0.25) is 4.18 Å². The van der Waals surface area contributed by atoms with Gasteiger partial charge in [0, 0.05) is 12.2 Å². The van der Waals surface area contributed by atoms with Gasteiger partial charge in [0.05, 0.1) is 18.0 Å². The van der Waals surface area contributed by atoms with Crippen LogP contribution in [0.5, 0.6) is 0 Å². The first-order valence-electron chi connectivity index (χ1n) is 10.8. The molecule has 1 aromatic carbocycles. The molecule has 0 radical (unpaired) electrons. The van der Waals surface area contributed by atoms with Crippen LogP contribution in [0.25, 0.3) is 11.0 Å². The van der Waals surface area contributed by atoms with Crippen LogP contribution in [-0.2, 0) is 20.9 Å². The van der Waals surface area contributed by atoms with Crippen LogP contribution in [0.1, 0.15) is 55.3 Å². The number of nitrogens with one attached hydrogen (secondary N) is 1. The highest BCUT2D eigenvalue weighted by atomic mass is 32.2. The SMILES string of the molecule is NS(=O)(=O)OCC[C@H]1CC[C@H](n2ccc3c(N[C@H]4CCc5ccccc54)ncnc32)C1. The Kier molecular flexibility index (Phi) is 5.41. The van der Waals surface area contributed by atoms with Gasteiger partial charge in [-0.25, -0.2) is 15.1 Å². The first-order valence-corrected chi connectivity index (χ1v) is 12.3. The molecule has 3 atom stereocenters. The van der Waals surface area contributed by atoms with Crippen molar-refractivity contribution in [2.24, 2.45) is 11.1 Å². The van der Waals surface area contributed by atoms with Crippen molar-refractivity contribution in [3.05, 3.63) is 54.0 Å². The van der Waals surface area contributed by atoms with Gasteiger partial charge in [0.2, 0.25) is 0 Å². The Bertz CT molecular complexity index is 1190. The molecular weight excluding hydrogens is 414 g/mol. The van der Waals surface area contributed by atoms with E-state index in [0.29, 0.717) is 18.4 Å². The van der Waals surface area contributed by atoms with E-state index in [9.17, 15) is 8.42 Å². The molecular formula is C22H27N5O3S. The molecule has 0 amide bonds. The standard InChI is InChI=1S/C22H27N5O3S/c23-31(28,29)30-12-10-15-5-7-17(13-15)27-11-9-19-21(24-14-25-22(19)27)26-20-8-6-16-3-1-2-4-18(16)20/h1-4,9,11,14-15,17,20H,5-8,10,12-13H2,(H2,23,28,29)(H,24,25,26)/t15-,17+,20+/m1/s1. The van der Waals surface area contributed by atoms with Gasteiger partial charge in [0.15, 0.2) is 0 Å². The quantitative estimate of drug-likeness (QED) is 0.580. The van der Waals surface area contributed by atoms with Crippen molar-refractivity contribution >= 4 is 27.2 Å². The maximum Gasteiger partial charge on any atom is 0.333 e. The monoisotopic (exact) mass is 441 g/mol. The van der Waals surface area contributed by atoms with Crippen LogP contribution < -0.4 is 10.5 Å². The Morgan fingerprint density at radius 2 is 2.03 bits per heavy atom. The fourth-order valence-electron chi connectivity index (χ4n) is 5.15. The molecule has 0 unspecified atom stereocenters. The van der Waals surface area contributed by atoms with Crippen LogP contribution >= 0.6 is 0 Å². The van der Waals surface area contributed by atoms with Gasteiger partial charge in [-0.05, 0) is 61.6 Å². The van der Waals surface area contributed by atoms with Crippen LogP contribution in [0.3, 0.4) is 0 Å². The summed E-state index contributed by atoms with van der Waals surface area (Å²) in [6, 6.07) is 11.3. The van der Waals surface area contributed by atoms with Gasteiger partial charge in [-0.2, -0.15) is 8.42 Å². The summed E-state index contributed by atoms with van der Waals surface area (Å²) in [5, 5.41) is 9.59. The van der Waals surface area contributed by atoms with E-state index < -0.39 is 10.3 Å². The molecule has 3 N–H and O–H groups in total. The van der Waals surface area contributed by atoms with E-state index in [1.807, 2.05) is 0 Å². The van der Waals surface area contributed by atoms with Gasteiger partial charge in [0.25, 0.3) is 0 Å². The second-order valence-electron chi connectivity index (χ2n) is 8.55. The fourth-order valence-corrected chi connectivity index (χ4v) is 5.48. The second kappa shape index (κ2) is 8.22. The van der Waals surface area contributed by atoms with Crippen molar-refractivity contribution in [2.75, 3.05) is 11.9 Å². The van der Waals surface area contributed by atoms with Gasteiger partial charge in [-0.1, -0.05) is 24.3 Å². The highest BCUT2D eigenvalue weighted by Crippen LogP contribution is 2.39. The minimum atomic E-state index is -3.86. The third-order valence-electron chi connectivity index (χ3n) is 6.63. The maximum absolute atomic E-state index is 11.0. The number of nitrogens with zero attached hydrogens (tertiary/aromatic N) is 3. The van der Waals surface area contributed by atoms with E-state index in [4.69, 9.17) is 9.32 Å². The van der Waals surface area contributed by atoms with Crippen LogP contribution in [0.2, 0.25) is 0 Å².